The minimum Gasteiger partial charge on any atom is -0.341 e. The molecule has 2 heterocycles. The summed E-state index contributed by atoms with van der Waals surface area (Å²) in [6, 6.07) is 22.2. The lowest BCUT2D eigenvalue weighted by Crippen LogP contribution is -2.28. The minimum absolute atomic E-state index is 0.156. The molecule has 8 heteroatoms. The van der Waals surface area contributed by atoms with Gasteiger partial charge in [0.1, 0.15) is 10.7 Å². The Hall–Kier alpha value is -3.75. The summed E-state index contributed by atoms with van der Waals surface area (Å²) in [6.45, 7) is 2.10. The number of imidazole rings is 1. The number of carbonyl (C=O) groups excluding carboxylic acids is 2. The third kappa shape index (κ3) is 6.87. The second-order valence-electron chi connectivity index (χ2n) is 9.59. The molecule has 0 unspecified atom stereocenters. The Morgan fingerprint density at radius 3 is 2.62 bits per heavy atom. The molecule has 1 atom stereocenters. The molecule has 0 aliphatic rings. The van der Waals surface area contributed by atoms with Gasteiger partial charge in [-0.05, 0) is 41.5 Å². The van der Waals surface area contributed by atoms with Crippen molar-refractivity contribution in [2.45, 2.75) is 50.0 Å². The van der Waals surface area contributed by atoms with Crippen LogP contribution in [0, 0.1) is 0 Å². The minimum atomic E-state index is -0.277. The number of thioether (sulfide) groups is 1. The summed E-state index contributed by atoms with van der Waals surface area (Å²) < 4.78 is 0. The van der Waals surface area contributed by atoms with Crippen molar-refractivity contribution in [2.24, 2.45) is 0 Å². The third-order valence-corrected chi connectivity index (χ3v) is 8.56. The number of nitrogens with one attached hydrogen (secondary N) is 2. The summed E-state index contributed by atoms with van der Waals surface area (Å²) in [5.74, 6) is 1.70. The maximum Gasteiger partial charge on any atom is 0.263 e. The number of carbonyl (C=O) groups is 2. The van der Waals surface area contributed by atoms with Gasteiger partial charge >= 0.3 is 0 Å². The number of rotatable bonds is 13. The summed E-state index contributed by atoms with van der Waals surface area (Å²) in [4.78, 5) is 39.5. The molecular formula is C32H32N4O2S2. The number of unbranched alkanes of at least 4 members (excludes halogenated alkanes) is 2. The number of nitrogens with zero attached hydrogens (tertiary/aromatic N) is 2. The predicted octanol–water partition coefficient (Wildman–Crippen LogP) is 8.10. The smallest absolute Gasteiger partial charge is 0.263 e. The Bertz CT molecular complexity index is 1580. The number of hydrogen-bond acceptors (Lipinski definition) is 6. The number of amides is 1. The molecular weight excluding hydrogens is 537 g/mol. The highest BCUT2D eigenvalue weighted by Crippen LogP contribution is 2.27. The van der Waals surface area contributed by atoms with Crippen LogP contribution in [-0.2, 0) is 0 Å². The maximum atomic E-state index is 12.9. The number of H-pyrrole nitrogens is 1. The zero-order chi connectivity index (χ0) is 27.7. The van der Waals surface area contributed by atoms with Crippen LogP contribution in [0.5, 0.6) is 0 Å². The van der Waals surface area contributed by atoms with E-state index in [0.717, 1.165) is 57.9 Å². The Morgan fingerprint density at radius 1 is 0.975 bits per heavy atom. The van der Waals surface area contributed by atoms with E-state index < -0.39 is 0 Å². The zero-order valence-electron chi connectivity index (χ0n) is 22.4. The molecule has 0 aliphatic carbocycles. The number of thiazole rings is 1. The Balaban J connectivity index is 1.23. The highest BCUT2D eigenvalue weighted by molar-refractivity contribution is 7.99. The second-order valence-corrected chi connectivity index (χ2v) is 11.8. The van der Waals surface area contributed by atoms with Gasteiger partial charge in [0.2, 0.25) is 0 Å². The van der Waals surface area contributed by atoms with Gasteiger partial charge in [0.15, 0.2) is 5.78 Å². The summed E-state index contributed by atoms with van der Waals surface area (Å²) in [7, 11) is 0. The first-order valence-electron chi connectivity index (χ1n) is 13.6. The normalized spacial score (nSPS) is 11.9. The van der Waals surface area contributed by atoms with Gasteiger partial charge in [-0.3, -0.25) is 14.6 Å². The fourth-order valence-electron chi connectivity index (χ4n) is 4.78. The molecule has 5 aromatic rings. The SMILES string of the molecule is CCSc1ccccc1C(=O)CCCCC[C@H](NC(=O)c1cncs1)c1ncc(-c2ccc3ccccc3c2)[nH]1. The summed E-state index contributed by atoms with van der Waals surface area (Å²) in [5.41, 5.74) is 4.43. The molecule has 204 valence electrons. The van der Waals surface area contributed by atoms with Crippen molar-refractivity contribution in [3.8, 4) is 11.3 Å². The molecule has 2 aromatic heterocycles. The molecule has 2 N–H and O–H groups in total. The van der Waals surface area contributed by atoms with Crippen LogP contribution in [0.25, 0.3) is 22.0 Å². The molecule has 3 aromatic carbocycles. The number of Topliss-reactive ketones (excluding diaryl/α,β-unsaturated/α-hetero) is 1. The second kappa shape index (κ2) is 13.5. The van der Waals surface area contributed by atoms with Crippen molar-refractivity contribution >= 4 is 45.6 Å². The quantitative estimate of drug-likeness (QED) is 0.0851. The topological polar surface area (TPSA) is 87.7 Å². The molecule has 0 fully saturated rings. The molecule has 0 saturated heterocycles. The van der Waals surface area contributed by atoms with Crippen molar-refractivity contribution < 1.29 is 9.59 Å². The fourth-order valence-corrected chi connectivity index (χ4v) is 6.12. The lowest BCUT2D eigenvalue weighted by Gasteiger charge is -2.16. The van der Waals surface area contributed by atoms with Crippen LogP contribution >= 0.6 is 23.1 Å². The molecule has 5 rings (SSSR count). The van der Waals surface area contributed by atoms with Gasteiger partial charge in [0.05, 0.1) is 29.6 Å². The van der Waals surface area contributed by atoms with Gasteiger partial charge in [-0.1, -0.05) is 74.4 Å². The highest BCUT2D eigenvalue weighted by Gasteiger charge is 2.20. The van der Waals surface area contributed by atoms with Gasteiger partial charge in [0, 0.05) is 22.4 Å². The van der Waals surface area contributed by atoms with Crippen LogP contribution in [0.4, 0.5) is 0 Å². The van der Waals surface area contributed by atoms with E-state index >= 15 is 0 Å². The molecule has 1 amide bonds. The number of aromatic nitrogens is 3. The molecule has 0 saturated carbocycles. The lowest BCUT2D eigenvalue weighted by molar-refractivity contribution is 0.0935. The van der Waals surface area contributed by atoms with E-state index in [0.29, 0.717) is 17.7 Å². The van der Waals surface area contributed by atoms with Crippen LogP contribution in [0.3, 0.4) is 0 Å². The fraction of sp³-hybridized carbons (Fsp3) is 0.250. The standard InChI is InChI=1S/C32H32N4O2S2/c1-2-39-29-15-9-8-12-25(29)28(37)14-5-3-4-13-26(36-32(38)30-20-33-21-40-30)31-34-19-27(35-31)24-17-16-22-10-6-7-11-23(22)18-24/h6-12,15-21,26H,2-5,13-14H2,1H3,(H,34,35)(H,36,38)/t26-/m0/s1. The number of ketones is 1. The van der Waals surface area contributed by atoms with Crippen LogP contribution in [0.1, 0.15) is 70.9 Å². The third-order valence-electron chi connectivity index (χ3n) is 6.83. The van der Waals surface area contributed by atoms with E-state index in [1.165, 1.54) is 16.7 Å². The molecule has 0 spiro atoms. The van der Waals surface area contributed by atoms with Crippen LogP contribution in [-0.4, -0.2) is 32.4 Å². The average molecular weight is 569 g/mol. The van der Waals surface area contributed by atoms with Crippen molar-refractivity contribution in [3.05, 3.63) is 101 Å². The number of aromatic amines is 1. The number of benzene rings is 3. The predicted molar refractivity (Wildman–Crippen MR) is 164 cm³/mol. The molecule has 6 nitrogen and oxygen atoms in total. The number of hydrogen-bond donors (Lipinski definition) is 2. The first-order valence-corrected chi connectivity index (χ1v) is 15.5. The van der Waals surface area contributed by atoms with Crippen molar-refractivity contribution in [3.63, 3.8) is 0 Å². The molecule has 0 aliphatic heterocycles. The van der Waals surface area contributed by atoms with Crippen LogP contribution in [0.15, 0.2) is 89.5 Å². The summed E-state index contributed by atoms with van der Waals surface area (Å²) >= 11 is 3.02. The van der Waals surface area contributed by atoms with Gasteiger partial charge in [-0.2, -0.15) is 0 Å². The van der Waals surface area contributed by atoms with Crippen molar-refractivity contribution in [2.75, 3.05) is 5.75 Å². The Labute approximate surface area is 242 Å². The zero-order valence-corrected chi connectivity index (χ0v) is 24.1. The molecule has 0 bridgehead atoms. The first kappa shape index (κ1) is 27.8. The largest absolute Gasteiger partial charge is 0.341 e. The van der Waals surface area contributed by atoms with Crippen molar-refractivity contribution in [1.29, 1.82) is 0 Å². The average Bonchev–Trinajstić information content (AvgIpc) is 3.70. The van der Waals surface area contributed by atoms with E-state index in [-0.39, 0.29) is 17.7 Å². The van der Waals surface area contributed by atoms with E-state index in [9.17, 15) is 9.59 Å². The maximum absolute atomic E-state index is 12.9. The molecule has 40 heavy (non-hydrogen) atoms. The Kier molecular flexibility index (Phi) is 9.42. The van der Waals surface area contributed by atoms with Crippen LogP contribution < -0.4 is 5.32 Å². The first-order chi connectivity index (χ1) is 19.6. The number of fused-ring (bicyclic) bond motifs is 1. The van der Waals surface area contributed by atoms with Gasteiger partial charge in [-0.15, -0.1) is 23.1 Å². The van der Waals surface area contributed by atoms with E-state index in [4.69, 9.17) is 0 Å². The van der Waals surface area contributed by atoms with Crippen LogP contribution in [0.2, 0.25) is 0 Å². The van der Waals surface area contributed by atoms with Crippen molar-refractivity contribution in [1.82, 2.24) is 20.3 Å². The lowest BCUT2D eigenvalue weighted by atomic mass is 10.0. The molecule has 0 radical (unpaired) electrons. The van der Waals surface area contributed by atoms with Gasteiger partial charge in [0.25, 0.3) is 5.91 Å². The monoisotopic (exact) mass is 568 g/mol. The van der Waals surface area contributed by atoms with Gasteiger partial charge in [-0.25, -0.2) is 4.98 Å². The van der Waals surface area contributed by atoms with E-state index in [2.05, 4.69) is 57.5 Å². The summed E-state index contributed by atoms with van der Waals surface area (Å²) in [5, 5.41) is 5.50. The summed E-state index contributed by atoms with van der Waals surface area (Å²) in [6.07, 6.45) is 7.20. The van der Waals surface area contributed by atoms with E-state index in [1.807, 2.05) is 42.6 Å². The van der Waals surface area contributed by atoms with Gasteiger partial charge < -0.3 is 10.3 Å². The highest BCUT2D eigenvalue weighted by atomic mass is 32.2. The Morgan fingerprint density at radius 2 is 1.80 bits per heavy atom. The van der Waals surface area contributed by atoms with E-state index in [1.54, 1.807) is 23.5 Å².